The lowest BCUT2D eigenvalue weighted by Gasteiger charge is -2.10. The molecule has 0 saturated heterocycles. The van der Waals surface area contributed by atoms with Crippen molar-refractivity contribution in [3.63, 3.8) is 0 Å². The van der Waals surface area contributed by atoms with E-state index in [0.717, 1.165) is 12.1 Å². The molecule has 0 unspecified atom stereocenters. The molecule has 1 heterocycles. The number of hydrogen-bond acceptors (Lipinski definition) is 3. The highest BCUT2D eigenvalue weighted by molar-refractivity contribution is 5.79. The molecule has 1 aromatic heterocycles. The molecule has 0 radical (unpaired) electrons. The van der Waals surface area contributed by atoms with Crippen LogP contribution in [0.2, 0.25) is 0 Å². The molecular formula is C10H18N4O. The minimum absolute atomic E-state index is 0.553. The number of aliphatic imine (C=N–C) groups is 1. The summed E-state index contributed by atoms with van der Waals surface area (Å²) in [5.74, 6) is 6.49. The smallest absolute Gasteiger partial charge is 0.206 e. The molecule has 0 amide bonds. The van der Waals surface area contributed by atoms with Crippen LogP contribution < -0.4 is 16.6 Å². The first-order valence-corrected chi connectivity index (χ1v) is 4.98. The van der Waals surface area contributed by atoms with Gasteiger partial charge in [0.05, 0.1) is 19.1 Å². The van der Waals surface area contributed by atoms with E-state index in [2.05, 4.69) is 29.6 Å². The summed E-state index contributed by atoms with van der Waals surface area (Å²) in [6, 6.07) is 1.88. The largest absolute Gasteiger partial charge is 0.472 e. The molecule has 84 valence electrons. The van der Waals surface area contributed by atoms with Crippen molar-refractivity contribution >= 4 is 5.96 Å². The summed E-state index contributed by atoms with van der Waals surface area (Å²) >= 11 is 0. The van der Waals surface area contributed by atoms with Gasteiger partial charge in [0.2, 0.25) is 5.96 Å². The number of furan rings is 1. The molecule has 1 aromatic rings. The van der Waals surface area contributed by atoms with Gasteiger partial charge in [0, 0.05) is 12.1 Å². The predicted octanol–water partition coefficient (Wildman–Crippen LogP) is 0.845. The first kappa shape index (κ1) is 11.6. The zero-order valence-electron chi connectivity index (χ0n) is 9.16. The van der Waals surface area contributed by atoms with E-state index in [1.165, 1.54) is 0 Å². The molecule has 1 rings (SSSR count). The van der Waals surface area contributed by atoms with Crippen molar-refractivity contribution in [2.45, 2.75) is 20.4 Å². The van der Waals surface area contributed by atoms with Gasteiger partial charge in [-0.3, -0.25) is 5.43 Å². The lowest BCUT2D eigenvalue weighted by atomic mass is 10.2. The van der Waals surface area contributed by atoms with Gasteiger partial charge >= 0.3 is 0 Å². The Kier molecular flexibility index (Phi) is 4.70. The van der Waals surface area contributed by atoms with Crippen molar-refractivity contribution in [1.82, 2.24) is 10.7 Å². The second-order valence-corrected chi connectivity index (χ2v) is 3.72. The summed E-state index contributed by atoms with van der Waals surface area (Å²) in [4.78, 5) is 4.27. The number of rotatable bonds is 4. The average molecular weight is 210 g/mol. The maximum atomic E-state index is 5.33. The molecule has 0 bridgehead atoms. The fourth-order valence-electron chi connectivity index (χ4n) is 1.01. The quantitative estimate of drug-likeness (QED) is 0.298. The van der Waals surface area contributed by atoms with Crippen LogP contribution in [-0.2, 0) is 6.54 Å². The van der Waals surface area contributed by atoms with E-state index >= 15 is 0 Å². The van der Waals surface area contributed by atoms with Crippen LogP contribution in [0.15, 0.2) is 28.0 Å². The average Bonchev–Trinajstić information content (AvgIpc) is 2.70. The Morgan fingerprint density at radius 2 is 2.40 bits per heavy atom. The molecule has 5 nitrogen and oxygen atoms in total. The number of guanidine groups is 1. The fraction of sp³-hybridized carbons (Fsp3) is 0.500. The van der Waals surface area contributed by atoms with E-state index < -0.39 is 0 Å². The number of nitrogens with one attached hydrogen (secondary N) is 2. The van der Waals surface area contributed by atoms with Crippen molar-refractivity contribution < 1.29 is 4.42 Å². The maximum absolute atomic E-state index is 5.33. The monoisotopic (exact) mass is 210 g/mol. The van der Waals surface area contributed by atoms with Gasteiger partial charge in [0.15, 0.2) is 0 Å². The van der Waals surface area contributed by atoms with E-state index in [-0.39, 0.29) is 0 Å². The van der Waals surface area contributed by atoms with Crippen LogP contribution in [0.25, 0.3) is 0 Å². The Morgan fingerprint density at radius 1 is 1.60 bits per heavy atom. The molecule has 15 heavy (non-hydrogen) atoms. The van der Waals surface area contributed by atoms with Crippen LogP contribution in [0.3, 0.4) is 0 Å². The lowest BCUT2D eigenvalue weighted by molar-refractivity contribution is 0.564. The van der Waals surface area contributed by atoms with E-state index in [4.69, 9.17) is 10.3 Å². The van der Waals surface area contributed by atoms with E-state index in [1.54, 1.807) is 12.5 Å². The molecule has 5 heteroatoms. The summed E-state index contributed by atoms with van der Waals surface area (Å²) in [6.07, 6.45) is 3.29. The van der Waals surface area contributed by atoms with Crippen LogP contribution in [0.1, 0.15) is 19.4 Å². The number of hydrazine groups is 1. The highest BCUT2D eigenvalue weighted by Gasteiger charge is 1.98. The fourth-order valence-corrected chi connectivity index (χ4v) is 1.01. The maximum Gasteiger partial charge on any atom is 0.206 e. The van der Waals surface area contributed by atoms with Gasteiger partial charge in [0.1, 0.15) is 0 Å². The van der Waals surface area contributed by atoms with Crippen LogP contribution in [0.5, 0.6) is 0 Å². The third kappa shape index (κ3) is 4.51. The second kappa shape index (κ2) is 6.08. The highest BCUT2D eigenvalue weighted by Crippen LogP contribution is 2.00. The zero-order chi connectivity index (χ0) is 11.1. The Balaban J connectivity index is 2.40. The molecule has 0 spiro atoms. The van der Waals surface area contributed by atoms with Gasteiger partial charge in [-0.05, 0) is 12.0 Å². The van der Waals surface area contributed by atoms with Crippen molar-refractivity contribution in [3.8, 4) is 0 Å². The SMILES string of the molecule is CC(C)CNC(=NCc1ccoc1)NN. The summed E-state index contributed by atoms with van der Waals surface area (Å²) in [5, 5.41) is 3.11. The molecule has 0 aliphatic heterocycles. The minimum Gasteiger partial charge on any atom is -0.472 e. The van der Waals surface area contributed by atoms with Crippen LogP contribution in [0.4, 0.5) is 0 Å². The third-order valence-electron chi connectivity index (χ3n) is 1.81. The van der Waals surface area contributed by atoms with E-state index in [0.29, 0.717) is 18.4 Å². The summed E-state index contributed by atoms with van der Waals surface area (Å²) in [7, 11) is 0. The second-order valence-electron chi connectivity index (χ2n) is 3.72. The Labute approximate surface area is 89.7 Å². The molecule has 0 aliphatic carbocycles. The Morgan fingerprint density at radius 3 is 2.93 bits per heavy atom. The van der Waals surface area contributed by atoms with Crippen LogP contribution >= 0.6 is 0 Å². The van der Waals surface area contributed by atoms with E-state index in [1.807, 2.05) is 6.07 Å². The standard InChI is InChI=1S/C10H18N4O/c1-8(2)5-12-10(14-11)13-6-9-3-4-15-7-9/h3-4,7-8H,5-6,11H2,1-2H3,(H2,12,13,14). The molecule has 0 atom stereocenters. The zero-order valence-corrected chi connectivity index (χ0v) is 9.16. The number of hydrogen-bond donors (Lipinski definition) is 3. The number of nitrogens with zero attached hydrogens (tertiary/aromatic N) is 1. The minimum atomic E-state index is 0.553. The predicted molar refractivity (Wildman–Crippen MR) is 60.0 cm³/mol. The number of nitrogens with two attached hydrogens (primary N) is 1. The summed E-state index contributed by atoms with van der Waals surface area (Å²) in [5.41, 5.74) is 3.55. The van der Waals surface area contributed by atoms with Gasteiger partial charge in [-0.15, -0.1) is 0 Å². The van der Waals surface area contributed by atoms with E-state index in [9.17, 15) is 0 Å². The molecule has 4 N–H and O–H groups in total. The Hall–Kier alpha value is -1.49. The summed E-state index contributed by atoms with van der Waals surface area (Å²) < 4.78 is 4.94. The van der Waals surface area contributed by atoms with Crippen LogP contribution in [0, 0.1) is 5.92 Å². The van der Waals surface area contributed by atoms with Gasteiger partial charge in [-0.25, -0.2) is 10.8 Å². The van der Waals surface area contributed by atoms with Gasteiger partial charge in [0.25, 0.3) is 0 Å². The highest BCUT2D eigenvalue weighted by atomic mass is 16.3. The topological polar surface area (TPSA) is 75.6 Å². The lowest BCUT2D eigenvalue weighted by Crippen LogP contribution is -2.42. The van der Waals surface area contributed by atoms with Gasteiger partial charge in [-0.1, -0.05) is 13.8 Å². The molecule has 0 saturated carbocycles. The Bertz CT molecular complexity index is 292. The molecular weight excluding hydrogens is 192 g/mol. The van der Waals surface area contributed by atoms with Crippen molar-refractivity contribution in [2.24, 2.45) is 16.8 Å². The van der Waals surface area contributed by atoms with Crippen molar-refractivity contribution in [3.05, 3.63) is 24.2 Å². The van der Waals surface area contributed by atoms with Crippen molar-refractivity contribution in [1.29, 1.82) is 0 Å². The molecule has 0 aliphatic rings. The third-order valence-corrected chi connectivity index (χ3v) is 1.81. The molecule has 0 aromatic carbocycles. The normalized spacial score (nSPS) is 11.9. The first-order valence-electron chi connectivity index (χ1n) is 4.98. The first-order chi connectivity index (χ1) is 7.22. The van der Waals surface area contributed by atoms with Gasteiger partial charge in [-0.2, -0.15) is 0 Å². The van der Waals surface area contributed by atoms with Crippen LogP contribution in [-0.4, -0.2) is 12.5 Å². The van der Waals surface area contributed by atoms with Gasteiger partial charge < -0.3 is 9.73 Å². The van der Waals surface area contributed by atoms with Crippen molar-refractivity contribution in [2.75, 3.05) is 6.54 Å². The molecule has 0 fully saturated rings. The summed E-state index contributed by atoms with van der Waals surface area (Å²) in [6.45, 7) is 5.64.